The smallest absolute Gasteiger partial charge is 0.251 e. The van der Waals surface area contributed by atoms with Crippen LogP contribution >= 0.6 is 0 Å². The summed E-state index contributed by atoms with van der Waals surface area (Å²) in [7, 11) is 1.64. The first kappa shape index (κ1) is 21.4. The molecule has 164 valence electrons. The third kappa shape index (κ3) is 4.91. The molecule has 0 aliphatic rings. The quantitative estimate of drug-likeness (QED) is 0.390. The number of nitrogens with zero attached hydrogens (tertiary/aromatic N) is 2. The highest BCUT2D eigenvalue weighted by molar-refractivity contribution is 5.94. The third-order valence-electron chi connectivity index (χ3n) is 5.31. The number of ether oxygens (including phenoxy) is 2. The molecule has 32 heavy (non-hydrogen) atoms. The van der Waals surface area contributed by atoms with Crippen LogP contribution in [-0.2, 0) is 13.1 Å². The lowest BCUT2D eigenvalue weighted by atomic mass is 10.1. The van der Waals surface area contributed by atoms with Gasteiger partial charge in [0, 0.05) is 12.1 Å². The number of benzene rings is 3. The molecule has 3 aromatic carbocycles. The Balaban J connectivity index is 1.43. The lowest BCUT2D eigenvalue weighted by molar-refractivity contribution is 0.0949. The summed E-state index contributed by atoms with van der Waals surface area (Å²) in [6.07, 6.45) is 0.789. The molecule has 0 saturated heterocycles. The molecule has 6 heteroatoms. The van der Waals surface area contributed by atoms with Gasteiger partial charge in [-0.3, -0.25) is 4.79 Å². The maximum atomic E-state index is 12.6. The van der Waals surface area contributed by atoms with Gasteiger partial charge in [-0.25, -0.2) is 4.98 Å². The van der Waals surface area contributed by atoms with E-state index in [2.05, 4.69) is 16.0 Å². The van der Waals surface area contributed by atoms with Crippen LogP contribution < -0.4 is 14.8 Å². The van der Waals surface area contributed by atoms with Crippen molar-refractivity contribution in [3.8, 4) is 11.5 Å². The van der Waals surface area contributed by atoms with Gasteiger partial charge in [0.05, 0.1) is 31.3 Å². The van der Waals surface area contributed by atoms with Gasteiger partial charge >= 0.3 is 0 Å². The number of para-hydroxylation sites is 4. The van der Waals surface area contributed by atoms with Crippen LogP contribution in [0.5, 0.6) is 11.5 Å². The zero-order chi connectivity index (χ0) is 22.3. The molecule has 0 radical (unpaired) electrons. The molecule has 1 N–H and O–H groups in total. The number of methoxy groups -OCH3 is 1. The summed E-state index contributed by atoms with van der Waals surface area (Å²) in [6.45, 7) is 3.63. The fourth-order valence-corrected chi connectivity index (χ4v) is 3.62. The van der Waals surface area contributed by atoms with E-state index in [0.29, 0.717) is 18.7 Å². The zero-order valence-corrected chi connectivity index (χ0v) is 18.4. The molecule has 0 aliphatic heterocycles. The van der Waals surface area contributed by atoms with Crippen LogP contribution in [0, 0.1) is 6.92 Å². The fourth-order valence-electron chi connectivity index (χ4n) is 3.62. The number of carbonyl (C=O) groups excluding carboxylic acids is 1. The zero-order valence-electron chi connectivity index (χ0n) is 18.4. The van der Waals surface area contributed by atoms with E-state index in [0.717, 1.165) is 46.9 Å². The molecule has 0 unspecified atom stereocenters. The van der Waals surface area contributed by atoms with Crippen molar-refractivity contribution in [2.45, 2.75) is 26.4 Å². The predicted molar refractivity (Wildman–Crippen MR) is 125 cm³/mol. The summed E-state index contributed by atoms with van der Waals surface area (Å²) in [5.74, 6) is 2.17. The van der Waals surface area contributed by atoms with Crippen molar-refractivity contribution in [1.82, 2.24) is 14.9 Å². The molecule has 6 nitrogen and oxygen atoms in total. The minimum Gasteiger partial charge on any atom is -0.493 e. The number of rotatable bonds is 9. The number of imidazole rings is 1. The Hall–Kier alpha value is -3.80. The van der Waals surface area contributed by atoms with Crippen LogP contribution in [0.3, 0.4) is 0 Å². The normalized spacial score (nSPS) is 10.8. The van der Waals surface area contributed by atoms with Crippen molar-refractivity contribution < 1.29 is 14.3 Å². The van der Waals surface area contributed by atoms with Crippen molar-refractivity contribution in [2.75, 3.05) is 13.7 Å². The summed E-state index contributed by atoms with van der Waals surface area (Å²) in [5, 5.41) is 3.00. The summed E-state index contributed by atoms with van der Waals surface area (Å²) < 4.78 is 13.4. The molecule has 0 fully saturated rings. The molecule has 4 aromatic rings. The molecule has 4 rings (SSSR count). The molecule has 1 heterocycles. The highest BCUT2D eigenvalue weighted by Gasteiger charge is 2.13. The lowest BCUT2D eigenvalue weighted by Gasteiger charge is -2.12. The lowest BCUT2D eigenvalue weighted by Crippen LogP contribution is -2.25. The van der Waals surface area contributed by atoms with E-state index in [1.54, 1.807) is 7.11 Å². The van der Waals surface area contributed by atoms with Gasteiger partial charge in [-0.15, -0.1) is 0 Å². The number of aromatic nitrogens is 2. The van der Waals surface area contributed by atoms with Crippen LogP contribution in [0.15, 0.2) is 72.8 Å². The van der Waals surface area contributed by atoms with Crippen LogP contribution in [0.1, 0.15) is 28.2 Å². The Kier molecular flexibility index (Phi) is 6.70. The predicted octanol–water partition coefficient (Wildman–Crippen LogP) is 4.75. The van der Waals surface area contributed by atoms with E-state index in [4.69, 9.17) is 14.5 Å². The molecule has 1 aromatic heterocycles. The van der Waals surface area contributed by atoms with E-state index in [9.17, 15) is 4.79 Å². The number of nitrogens with one attached hydrogen (secondary N) is 1. The Morgan fingerprint density at radius 1 is 0.969 bits per heavy atom. The standard InChI is InChI=1S/C26H27N3O3/c1-19-12-14-20(15-13-19)26(30)27-18-25-28-21-8-3-4-9-22(21)29(25)16-7-17-32-24-11-6-5-10-23(24)31-2/h3-6,8-15H,7,16-18H2,1-2H3,(H,27,30). The maximum absolute atomic E-state index is 12.6. The number of carbonyl (C=O) groups is 1. The third-order valence-corrected chi connectivity index (χ3v) is 5.31. The molecule has 0 atom stereocenters. The second-order valence-corrected chi connectivity index (χ2v) is 7.57. The van der Waals surface area contributed by atoms with Gasteiger partial charge in [0.2, 0.25) is 0 Å². The Morgan fingerprint density at radius 3 is 2.47 bits per heavy atom. The summed E-state index contributed by atoms with van der Waals surface area (Å²) in [6, 6.07) is 23.2. The molecule has 0 bridgehead atoms. The number of hydrogen-bond acceptors (Lipinski definition) is 4. The minimum atomic E-state index is -0.108. The van der Waals surface area contributed by atoms with Crippen LogP contribution in [0.4, 0.5) is 0 Å². The van der Waals surface area contributed by atoms with Crippen molar-refractivity contribution in [3.63, 3.8) is 0 Å². The SMILES string of the molecule is COc1ccccc1OCCCn1c(CNC(=O)c2ccc(C)cc2)nc2ccccc21. The molecule has 0 aliphatic carbocycles. The van der Waals surface area contributed by atoms with E-state index in [1.807, 2.05) is 73.7 Å². The number of fused-ring (bicyclic) bond motifs is 1. The van der Waals surface area contributed by atoms with Crippen LogP contribution in [-0.4, -0.2) is 29.2 Å². The van der Waals surface area contributed by atoms with Crippen molar-refractivity contribution in [3.05, 3.63) is 89.7 Å². The molecule has 0 saturated carbocycles. The van der Waals surface area contributed by atoms with Gasteiger partial charge in [0.15, 0.2) is 11.5 Å². The summed E-state index contributed by atoms with van der Waals surface area (Å²) >= 11 is 0. The van der Waals surface area contributed by atoms with Gasteiger partial charge in [-0.05, 0) is 49.7 Å². The summed E-state index contributed by atoms with van der Waals surface area (Å²) in [4.78, 5) is 17.3. The van der Waals surface area contributed by atoms with Crippen molar-refractivity contribution in [2.24, 2.45) is 0 Å². The van der Waals surface area contributed by atoms with Crippen molar-refractivity contribution in [1.29, 1.82) is 0 Å². The second-order valence-electron chi connectivity index (χ2n) is 7.57. The van der Waals surface area contributed by atoms with E-state index in [1.165, 1.54) is 0 Å². The van der Waals surface area contributed by atoms with E-state index < -0.39 is 0 Å². The van der Waals surface area contributed by atoms with Crippen LogP contribution in [0.25, 0.3) is 11.0 Å². The molecule has 1 amide bonds. The van der Waals surface area contributed by atoms with Crippen LogP contribution in [0.2, 0.25) is 0 Å². The molecular weight excluding hydrogens is 402 g/mol. The second kappa shape index (κ2) is 10.0. The van der Waals surface area contributed by atoms with Gasteiger partial charge in [-0.2, -0.15) is 0 Å². The first-order valence-corrected chi connectivity index (χ1v) is 10.7. The minimum absolute atomic E-state index is 0.108. The number of amides is 1. The average molecular weight is 430 g/mol. The Bertz CT molecular complexity index is 1200. The Labute approximate surface area is 187 Å². The number of hydrogen-bond donors (Lipinski definition) is 1. The maximum Gasteiger partial charge on any atom is 0.251 e. The van der Waals surface area contributed by atoms with Gasteiger partial charge in [-0.1, -0.05) is 42.0 Å². The largest absolute Gasteiger partial charge is 0.493 e. The average Bonchev–Trinajstić information content (AvgIpc) is 3.18. The highest BCUT2D eigenvalue weighted by Crippen LogP contribution is 2.26. The van der Waals surface area contributed by atoms with Gasteiger partial charge < -0.3 is 19.4 Å². The van der Waals surface area contributed by atoms with Crippen molar-refractivity contribution >= 4 is 16.9 Å². The molecular formula is C26H27N3O3. The fraction of sp³-hybridized carbons (Fsp3) is 0.231. The first-order chi connectivity index (χ1) is 15.7. The summed E-state index contributed by atoms with van der Waals surface area (Å²) in [5.41, 5.74) is 3.73. The molecule has 0 spiro atoms. The van der Waals surface area contributed by atoms with Gasteiger partial charge in [0.25, 0.3) is 5.91 Å². The monoisotopic (exact) mass is 429 g/mol. The van der Waals surface area contributed by atoms with Gasteiger partial charge in [0.1, 0.15) is 5.82 Å². The first-order valence-electron chi connectivity index (χ1n) is 10.7. The van der Waals surface area contributed by atoms with E-state index in [-0.39, 0.29) is 5.91 Å². The highest BCUT2D eigenvalue weighted by atomic mass is 16.5. The number of aryl methyl sites for hydroxylation is 2. The topological polar surface area (TPSA) is 65.4 Å². The Morgan fingerprint density at radius 2 is 1.69 bits per heavy atom. The van der Waals surface area contributed by atoms with E-state index >= 15 is 0 Å².